The van der Waals surface area contributed by atoms with Crippen molar-refractivity contribution in [2.24, 2.45) is 5.41 Å². The topological polar surface area (TPSA) is 42.0 Å². The third kappa shape index (κ3) is 3.91. The predicted octanol–water partition coefficient (Wildman–Crippen LogP) is 6.23. The maximum absolute atomic E-state index is 13.5. The van der Waals surface area contributed by atoms with E-state index in [0.29, 0.717) is 15.3 Å². The van der Waals surface area contributed by atoms with E-state index < -0.39 is 5.41 Å². The van der Waals surface area contributed by atoms with Crippen molar-refractivity contribution in [1.82, 2.24) is 4.98 Å². The first-order valence-electron chi connectivity index (χ1n) is 9.42. The molecule has 3 nitrogen and oxygen atoms in total. The highest BCUT2D eigenvalue weighted by atomic mass is 32.1. The minimum absolute atomic E-state index is 0.128. The number of amides is 1. The molecule has 1 amide bonds. The summed E-state index contributed by atoms with van der Waals surface area (Å²) in [5.41, 5.74) is 2.08. The summed E-state index contributed by atoms with van der Waals surface area (Å²) < 4.78 is 14.2. The molecule has 0 saturated carbocycles. The molecule has 0 spiro atoms. The minimum atomic E-state index is -0.744. The van der Waals surface area contributed by atoms with Crippen LogP contribution in [0.3, 0.4) is 0 Å². The fourth-order valence-electron chi connectivity index (χ4n) is 3.66. The number of nitrogens with one attached hydrogen (secondary N) is 1. The monoisotopic (exact) mass is 404 g/mol. The predicted molar refractivity (Wildman–Crippen MR) is 117 cm³/mol. The maximum atomic E-state index is 13.5. The van der Waals surface area contributed by atoms with Crippen molar-refractivity contribution in [3.8, 4) is 0 Å². The van der Waals surface area contributed by atoms with Crippen molar-refractivity contribution >= 4 is 32.6 Å². The lowest BCUT2D eigenvalue weighted by Crippen LogP contribution is -2.37. The van der Waals surface area contributed by atoms with Crippen LogP contribution in [0.1, 0.15) is 30.9 Å². The third-order valence-corrected chi connectivity index (χ3v) is 6.08. The molecule has 0 radical (unpaired) electrons. The molecule has 0 aliphatic rings. The zero-order valence-corrected chi connectivity index (χ0v) is 17.0. The molecule has 0 aliphatic carbocycles. The summed E-state index contributed by atoms with van der Waals surface area (Å²) in [4.78, 5) is 17.8. The minimum Gasteiger partial charge on any atom is -0.301 e. The van der Waals surface area contributed by atoms with E-state index in [1.54, 1.807) is 6.07 Å². The summed E-state index contributed by atoms with van der Waals surface area (Å²) in [7, 11) is 0. The largest absolute Gasteiger partial charge is 0.301 e. The Hall–Kier alpha value is -3.05. The lowest BCUT2D eigenvalue weighted by molar-refractivity contribution is -0.124. The van der Waals surface area contributed by atoms with Crippen LogP contribution < -0.4 is 5.32 Å². The summed E-state index contributed by atoms with van der Waals surface area (Å²) in [6.45, 7) is 3.89. The number of thiazole rings is 1. The van der Waals surface area contributed by atoms with Gasteiger partial charge in [0.25, 0.3) is 0 Å². The summed E-state index contributed by atoms with van der Waals surface area (Å²) in [6, 6.07) is 24.5. The number of hydrogen-bond acceptors (Lipinski definition) is 3. The van der Waals surface area contributed by atoms with Crippen LogP contribution in [0.2, 0.25) is 0 Å². The number of anilines is 1. The van der Waals surface area contributed by atoms with Gasteiger partial charge < -0.3 is 5.32 Å². The van der Waals surface area contributed by atoms with E-state index in [0.717, 1.165) is 11.1 Å². The highest BCUT2D eigenvalue weighted by Gasteiger charge is 2.39. The number of nitrogens with zero attached hydrogens (tertiary/aromatic N) is 1. The molecule has 29 heavy (non-hydrogen) atoms. The Kier molecular flexibility index (Phi) is 5.16. The third-order valence-electron chi connectivity index (χ3n) is 5.14. The van der Waals surface area contributed by atoms with E-state index in [1.165, 1.54) is 23.5 Å². The second-order valence-electron chi connectivity index (χ2n) is 7.56. The number of benzene rings is 3. The van der Waals surface area contributed by atoms with Gasteiger partial charge >= 0.3 is 0 Å². The first kappa shape index (κ1) is 19.3. The number of rotatable bonds is 5. The SMILES string of the molecule is CC(C)(C(=O)Nc1nc2ccc(F)cc2s1)C(c1ccccc1)c1ccccc1. The van der Waals surface area contributed by atoms with E-state index in [2.05, 4.69) is 10.3 Å². The molecule has 146 valence electrons. The van der Waals surface area contributed by atoms with Crippen molar-refractivity contribution in [2.45, 2.75) is 19.8 Å². The molecule has 0 saturated heterocycles. The number of fused-ring (bicyclic) bond motifs is 1. The molecule has 4 aromatic rings. The van der Waals surface area contributed by atoms with Crippen LogP contribution in [0.5, 0.6) is 0 Å². The van der Waals surface area contributed by atoms with Gasteiger partial charge in [-0.1, -0.05) is 85.8 Å². The summed E-state index contributed by atoms with van der Waals surface area (Å²) in [5.74, 6) is -0.570. The van der Waals surface area contributed by atoms with E-state index in [-0.39, 0.29) is 17.6 Å². The van der Waals surface area contributed by atoms with Crippen molar-refractivity contribution in [1.29, 1.82) is 0 Å². The van der Waals surface area contributed by atoms with Crippen LogP contribution in [0, 0.1) is 11.2 Å². The standard InChI is InChI=1S/C24H21FN2OS/c1-24(2,21(16-9-5-3-6-10-16)17-11-7-4-8-12-17)22(28)27-23-26-19-14-13-18(25)15-20(19)29-23/h3-15,21H,1-2H3,(H,26,27,28). The molecule has 3 aromatic carbocycles. The van der Waals surface area contributed by atoms with Crippen LogP contribution in [-0.4, -0.2) is 10.9 Å². The molecule has 0 bridgehead atoms. The Morgan fingerprint density at radius 2 is 1.55 bits per heavy atom. The second-order valence-corrected chi connectivity index (χ2v) is 8.59. The Morgan fingerprint density at radius 3 is 2.14 bits per heavy atom. The molecular weight excluding hydrogens is 383 g/mol. The molecule has 0 atom stereocenters. The number of carbonyl (C=O) groups excluding carboxylic acids is 1. The normalized spacial score (nSPS) is 11.7. The highest BCUT2D eigenvalue weighted by molar-refractivity contribution is 7.22. The van der Waals surface area contributed by atoms with Gasteiger partial charge in [0.15, 0.2) is 5.13 Å². The highest BCUT2D eigenvalue weighted by Crippen LogP contribution is 2.42. The Morgan fingerprint density at radius 1 is 0.966 bits per heavy atom. The quantitative estimate of drug-likeness (QED) is 0.428. The van der Waals surface area contributed by atoms with Gasteiger partial charge in [-0.25, -0.2) is 9.37 Å². The van der Waals surface area contributed by atoms with Crippen molar-refractivity contribution < 1.29 is 9.18 Å². The van der Waals surface area contributed by atoms with Crippen LogP contribution in [0.25, 0.3) is 10.2 Å². The number of halogens is 1. The van der Waals surface area contributed by atoms with Crippen molar-refractivity contribution in [3.05, 3.63) is 95.8 Å². The molecule has 0 aliphatic heterocycles. The van der Waals surface area contributed by atoms with Crippen LogP contribution >= 0.6 is 11.3 Å². The Labute approximate surface area is 173 Å². The molecule has 4 rings (SSSR count). The van der Waals surface area contributed by atoms with Gasteiger partial charge in [-0.2, -0.15) is 0 Å². The van der Waals surface area contributed by atoms with E-state index >= 15 is 0 Å². The second kappa shape index (κ2) is 7.76. The zero-order chi connectivity index (χ0) is 20.4. The summed E-state index contributed by atoms with van der Waals surface area (Å²) >= 11 is 1.28. The van der Waals surface area contributed by atoms with Gasteiger partial charge in [-0.3, -0.25) is 4.79 Å². The Balaban J connectivity index is 1.68. The first-order valence-corrected chi connectivity index (χ1v) is 10.2. The van der Waals surface area contributed by atoms with Gasteiger partial charge in [-0.05, 0) is 29.3 Å². The average Bonchev–Trinajstić information content (AvgIpc) is 3.11. The smallest absolute Gasteiger partial charge is 0.232 e. The summed E-state index contributed by atoms with van der Waals surface area (Å²) in [5, 5.41) is 3.43. The Bertz CT molecular complexity index is 1100. The molecular formula is C24H21FN2OS. The molecule has 0 fully saturated rings. The van der Waals surface area contributed by atoms with Crippen LogP contribution in [0.15, 0.2) is 78.9 Å². The van der Waals surface area contributed by atoms with Crippen molar-refractivity contribution in [3.63, 3.8) is 0 Å². The van der Waals surface area contributed by atoms with E-state index in [9.17, 15) is 9.18 Å². The van der Waals surface area contributed by atoms with Gasteiger partial charge in [0.05, 0.1) is 15.6 Å². The number of carbonyl (C=O) groups is 1. The summed E-state index contributed by atoms with van der Waals surface area (Å²) in [6.07, 6.45) is 0. The first-order chi connectivity index (χ1) is 13.9. The average molecular weight is 405 g/mol. The van der Waals surface area contributed by atoms with Gasteiger partial charge in [0.1, 0.15) is 5.82 Å². The number of aromatic nitrogens is 1. The van der Waals surface area contributed by atoms with Crippen LogP contribution in [0.4, 0.5) is 9.52 Å². The molecule has 1 N–H and O–H groups in total. The van der Waals surface area contributed by atoms with Gasteiger partial charge in [-0.15, -0.1) is 0 Å². The number of hydrogen-bond donors (Lipinski definition) is 1. The lowest BCUT2D eigenvalue weighted by Gasteiger charge is -2.33. The van der Waals surface area contributed by atoms with Gasteiger partial charge in [0.2, 0.25) is 5.91 Å². The molecule has 0 unspecified atom stereocenters. The van der Waals surface area contributed by atoms with Crippen LogP contribution in [-0.2, 0) is 4.79 Å². The lowest BCUT2D eigenvalue weighted by atomic mass is 9.70. The molecule has 5 heteroatoms. The molecule has 1 aromatic heterocycles. The van der Waals surface area contributed by atoms with Crippen molar-refractivity contribution in [2.75, 3.05) is 5.32 Å². The fourth-order valence-corrected chi connectivity index (χ4v) is 4.54. The maximum Gasteiger partial charge on any atom is 0.232 e. The fraction of sp³-hybridized carbons (Fsp3) is 0.167. The zero-order valence-electron chi connectivity index (χ0n) is 16.2. The van der Waals surface area contributed by atoms with E-state index in [1.807, 2.05) is 74.5 Å². The van der Waals surface area contributed by atoms with E-state index in [4.69, 9.17) is 0 Å². The van der Waals surface area contributed by atoms with Gasteiger partial charge in [0, 0.05) is 5.92 Å². The molecule has 1 heterocycles.